The van der Waals surface area contributed by atoms with E-state index in [4.69, 9.17) is 15.1 Å². The molecule has 0 saturated carbocycles. The van der Waals surface area contributed by atoms with Gasteiger partial charge in [0.2, 0.25) is 20.1 Å². The van der Waals surface area contributed by atoms with Crippen molar-refractivity contribution in [1.82, 2.24) is 23.9 Å². The number of benzene rings is 1. The van der Waals surface area contributed by atoms with E-state index in [0.717, 1.165) is 28.0 Å². The number of sulfonamides is 1. The molecule has 0 radical (unpaired) electrons. The van der Waals surface area contributed by atoms with Gasteiger partial charge in [0, 0.05) is 37.8 Å². The molecule has 2 saturated heterocycles. The molecule has 0 N–H and O–H groups in total. The van der Waals surface area contributed by atoms with Gasteiger partial charge in [0.15, 0.2) is 10.9 Å². The van der Waals surface area contributed by atoms with Gasteiger partial charge in [-0.1, -0.05) is 29.6 Å². The van der Waals surface area contributed by atoms with E-state index in [-0.39, 0.29) is 17.9 Å². The maximum atomic E-state index is 13.4. The van der Waals surface area contributed by atoms with Crippen molar-refractivity contribution in [3.63, 3.8) is 0 Å². The van der Waals surface area contributed by atoms with E-state index in [1.807, 2.05) is 23.4 Å². The number of hydrogen-bond acceptors (Lipinski definition) is 10. The summed E-state index contributed by atoms with van der Waals surface area (Å²) in [6, 6.07) is 8.21. The Kier molecular flexibility index (Phi) is 5.72. The molecule has 2 fully saturated rings. The van der Waals surface area contributed by atoms with Crippen molar-refractivity contribution in [2.75, 3.05) is 36.2 Å². The van der Waals surface area contributed by atoms with Gasteiger partial charge in [-0.05, 0) is 37.1 Å². The number of anilines is 3. The van der Waals surface area contributed by atoms with E-state index in [9.17, 15) is 18.1 Å². The summed E-state index contributed by atoms with van der Waals surface area (Å²) in [6.45, 7) is 3.11. The molecule has 0 aliphatic carbocycles. The van der Waals surface area contributed by atoms with Crippen LogP contribution < -0.4 is 9.80 Å². The Morgan fingerprint density at radius 3 is 2.57 bits per heavy atom. The lowest BCUT2D eigenvalue weighted by molar-refractivity contribution is 0.371. The first-order chi connectivity index (χ1) is 17.7. The standard InChI is InChI=1S/C23H23FN8O2S3/c1-4-17-20(29(2)21-27-19(18(10-25)35-21)13-5-7-14(24)8-6-13)32-22(26-17)36-23(28-32)30-11-16-9-15(30)12-31(16)37(3,33)34/h5-8,15-16H,4,9,11-12H2,1-3H3. The molecule has 37 heavy (non-hydrogen) atoms. The minimum absolute atomic E-state index is 0.0332. The lowest BCUT2D eigenvalue weighted by atomic mass is 10.1. The van der Waals surface area contributed by atoms with Crippen LogP contribution in [-0.2, 0) is 16.4 Å². The summed E-state index contributed by atoms with van der Waals surface area (Å²) >= 11 is 2.74. The number of nitrogens with zero attached hydrogens (tertiary/aromatic N) is 8. The lowest BCUT2D eigenvalue weighted by Crippen LogP contribution is -2.48. The van der Waals surface area contributed by atoms with E-state index in [1.165, 1.54) is 41.1 Å². The third kappa shape index (κ3) is 3.97. The molecule has 4 aromatic rings. The quantitative estimate of drug-likeness (QED) is 0.354. The van der Waals surface area contributed by atoms with Crippen molar-refractivity contribution in [3.8, 4) is 17.3 Å². The molecule has 2 atom stereocenters. The molecule has 10 nitrogen and oxygen atoms in total. The molecule has 0 spiro atoms. The highest BCUT2D eigenvalue weighted by Crippen LogP contribution is 2.41. The number of imidazole rings is 1. The number of rotatable bonds is 6. The second-order valence-electron chi connectivity index (χ2n) is 9.19. The number of halogens is 1. The van der Waals surface area contributed by atoms with Crippen LogP contribution in [0.15, 0.2) is 24.3 Å². The van der Waals surface area contributed by atoms with Crippen LogP contribution in [0.1, 0.15) is 23.9 Å². The summed E-state index contributed by atoms with van der Waals surface area (Å²) in [5.74, 6) is 0.421. The van der Waals surface area contributed by atoms with Gasteiger partial charge in [0.1, 0.15) is 22.5 Å². The van der Waals surface area contributed by atoms with E-state index >= 15 is 0 Å². The molecular formula is C23H23FN8O2S3. The number of fused-ring (bicyclic) bond motifs is 3. The number of hydrogen-bond donors (Lipinski definition) is 0. The summed E-state index contributed by atoms with van der Waals surface area (Å²) in [6.07, 6.45) is 2.75. The minimum Gasteiger partial charge on any atom is -0.341 e. The van der Waals surface area contributed by atoms with Gasteiger partial charge in [-0.15, -0.1) is 5.10 Å². The van der Waals surface area contributed by atoms with Gasteiger partial charge in [0.25, 0.3) is 0 Å². The predicted molar refractivity (Wildman–Crippen MR) is 142 cm³/mol. The first-order valence-corrected chi connectivity index (χ1v) is 15.2. The number of aryl methyl sites for hydroxylation is 1. The molecule has 2 aliphatic rings. The van der Waals surface area contributed by atoms with Gasteiger partial charge in [0.05, 0.1) is 11.9 Å². The predicted octanol–water partition coefficient (Wildman–Crippen LogP) is 3.48. The van der Waals surface area contributed by atoms with Crippen LogP contribution in [0.25, 0.3) is 16.2 Å². The maximum absolute atomic E-state index is 13.4. The SMILES string of the molecule is CCc1nc2sc(N3CC4CC3CN4S(C)(=O)=O)nn2c1N(C)c1nc(-c2ccc(F)cc2)c(C#N)s1. The van der Waals surface area contributed by atoms with Crippen molar-refractivity contribution in [3.05, 3.63) is 40.7 Å². The first-order valence-electron chi connectivity index (χ1n) is 11.7. The average molecular weight is 559 g/mol. The fourth-order valence-electron chi connectivity index (χ4n) is 5.15. The van der Waals surface area contributed by atoms with Crippen LogP contribution >= 0.6 is 22.7 Å². The topological polar surface area (TPSA) is 111 Å². The van der Waals surface area contributed by atoms with Crippen molar-refractivity contribution in [1.29, 1.82) is 5.26 Å². The number of nitriles is 1. The highest BCUT2D eigenvalue weighted by Gasteiger charge is 2.48. The summed E-state index contributed by atoms with van der Waals surface area (Å²) in [5, 5.41) is 16.0. The second kappa shape index (κ2) is 8.73. The normalized spacial score (nSPS) is 19.7. The molecule has 1 aromatic carbocycles. The van der Waals surface area contributed by atoms with E-state index in [2.05, 4.69) is 11.0 Å². The van der Waals surface area contributed by atoms with Gasteiger partial charge in [-0.25, -0.2) is 22.8 Å². The van der Waals surface area contributed by atoms with Gasteiger partial charge < -0.3 is 9.80 Å². The largest absolute Gasteiger partial charge is 0.341 e. The van der Waals surface area contributed by atoms with Crippen LogP contribution in [0, 0.1) is 17.1 Å². The van der Waals surface area contributed by atoms with Crippen LogP contribution in [0.3, 0.4) is 0 Å². The van der Waals surface area contributed by atoms with Gasteiger partial charge in [-0.3, -0.25) is 0 Å². The average Bonchev–Trinajstić information content (AvgIpc) is 3.67. The fraction of sp³-hybridized carbons (Fsp3) is 0.391. The van der Waals surface area contributed by atoms with Crippen LogP contribution in [0.4, 0.5) is 20.5 Å². The Morgan fingerprint density at radius 2 is 1.95 bits per heavy atom. The molecule has 14 heteroatoms. The fourth-order valence-corrected chi connectivity index (χ4v) is 8.13. The van der Waals surface area contributed by atoms with Crippen LogP contribution in [-0.4, -0.2) is 70.8 Å². The zero-order valence-electron chi connectivity index (χ0n) is 20.3. The molecule has 3 aromatic heterocycles. The van der Waals surface area contributed by atoms with E-state index in [0.29, 0.717) is 40.8 Å². The highest BCUT2D eigenvalue weighted by molar-refractivity contribution is 7.88. The van der Waals surface area contributed by atoms with Crippen molar-refractivity contribution >= 4 is 53.7 Å². The number of thiazole rings is 1. The smallest absolute Gasteiger partial charge is 0.216 e. The Morgan fingerprint density at radius 1 is 1.19 bits per heavy atom. The Bertz CT molecular complexity index is 1650. The number of piperazine rings is 1. The zero-order valence-corrected chi connectivity index (χ0v) is 22.7. The third-order valence-corrected chi connectivity index (χ3v) is 10.2. The lowest BCUT2D eigenvalue weighted by Gasteiger charge is -2.32. The van der Waals surface area contributed by atoms with Crippen molar-refractivity contribution in [2.24, 2.45) is 0 Å². The van der Waals surface area contributed by atoms with Gasteiger partial charge in [-0.2, -0.15) is 14.1 Å². The van der Waals surface area contributed by atoms with Crippen LogP contribution in [0.2, 0.25) is 0 Å². The second-order valence-corrected chi connectivity index (χ2v) is 13.0. The minimum atomic E-state index is -3.22. The van der Waals surface area contributed by atoms with Crippen molar-refractivity contribution < 1.29 is 12.8 Å². The molecule has 2 unspecified atom stereocenters. The monoisotopic (exact) mass is 558 g/mol. The molecule has 2 aliphatic heterocycles. The number of aromatic nitrogens is 4. The van der Waals surface area contributed by atoms with Gasteiger partial charge >= 0.3 is 0 Å². The maximum Gasteiger partial charge on any atom is 0.216 e. The zero-order chi connectivity index (χ0) is 26.1. The van der Waals surface area contributed by atoms with E-state index < -0.39 is 10.0 Å². The molecule has 5 heterocycles. The first kappa shape index (κ1) is 24.2. The Balaban J connectivity index is 1.35. The Labute approximate surface area is 221 Å². The molecule has 192 valence electrons. The molecule has 6 rings (SSSR count). The highest BCUT2D eigenvalue weighted by atomic mass is 32.2. The molecule has 0 amide bonds. The summed E-state index contributed by atoms with van der Waals surface area (Å²) in [5.41, 5.74) is 2.04. The summed E-state index contributed by atoms with van der Waals surface area (Å²) in [7, 11) is -1.35. The third-order valence-electron chi connectivity index (χ3n) is 6.88. The van der Waals surface area contributed by atoms with Crippen molar-refractivity contribution in [2.45, 2.75) is 31.8 Å². The van der Waals surface area contributed by atoms with Crippen LogP contribution in [0.5, 0.6) is 0 Å². The summed E-state index contributed by atoms with van der Waals surface area (Å²) < 4.78 is 41.0. The molecule has 2 bridgehead atoms. The summed E-state index contributed by atoms with van der Waals surface area (Å²) in [4.78, 5) is 14.8. The van der Waals surface area contributed by atoms with E-state index in [1.54, 1.807) is 16.4 Å². The Hall–Kier alpha value is -3.12. The molecular weight excluding hydrogens is 536 g/mol.